The highest BCUT2D eigenvalue weighted by Crippen LogP contribution is 2.34. The van der Waals surface area contributed by atoms with Crippen LogP contribution in [-0.4, -0.2) is 42.8 Å². The Bertz CT molecular complexity index is 986. The van der Waals surface area contributed by atoms with Crippen molar-refractivity contribution in [3.63, 3.8) is 0 Å². The van der Waals surface area contributed by atoms with Crippen LogP contribution in [-0.2, 0) is 14.3 Å². The average molecular weight is 465 g/mol. The Kier molecular flexibility index (Phi) is 8.95. The number of carbonyl (C=O) groups is 3. The van der Waals surface area contributed by atoms with Crippen LogP contribution >= 0.6 is 23.6 Å². The molecule has 0 aliphatic heterocycles. The summed E-state index contributed by atoms with van der Waals surface area (Å²) in [6.45, 7) is 7.03. The maximum atomic E-state index is 12.4. The molecule has 0 saturated carbocycles. The molecule has 2 rings (SSSR count). The van der Waals surface area contributed by atoms with Crippen molar-refractivity contribution in [2.45, 2.75) is 27.7 Å². The predicted octanol–water partition coefficient (Wildman–Crippen LogP) is 3.61. The lowest BCUT2D eigenvalue weighted by molar-refractivity contribution is -0.121. The molecule has 31 heavy (non-hydrogen) atoms. The molecular weight excluding hydrogens is 440 g/mol. The van der Waals surface area contributed by atoms with E-state index in [2.05, 4.69) is 10.6 Å². The first-order valence-corrected chi connectivity index (χ1v) is 10.8. The van der Waals surface area contributed by atoms with Crippen LogP contribution in [0.2, 0.25) is 0 Å². The molecule has 2 N–H and O–H groups in total. The number of anilines is 1. The van der Waals surface area contributed by atoms with Gasteiger partial charge in [0.25, 0.3) is 5.91 Å². The van der Waals surface area contributed by atoms with E-state index in [9.17, 15) is 14.4 Å². The van der Waals surface area contributed by atoms with Gasteiger partial charge in [-0.2, -0.15) is 0 Å². The van der Waals surface area contributed by atoms with Crippen molar-refractivity contribution in [3.8, 4) is 5.75 Å². The minimum atomic E-state index is -0.605. The Morgan fingerprint density at radius 2 is 1.74 bits per heavy atom. The van der Waals surface area contributed by atoms with E-state index in [1.165, 1.54) is 0 Å². The van der Waals surface area contributed by atoms with Gasteiger partial charge in [0.05, 0.1) is 18.8 Å². The van der Waals surface area contributed by atoms with Crippen LogP contribution in [0, 0.1) is 13.8 Å². The number of hydrogen-bond donors (Lipinski definition) is 2. The number of rotatable bonds is 8. The van der Waals surface area contributed by atoms with Crippen molar-refractivity contribution in [1.82, 2.24) is 5.32 Å². The van der Waals surface area contributed by atoms with Crippen molar-refractivity contribution in [1.29, 1.82) is 0 Å². The highest BCUT2D eigenvalue weighted by molar-refractivity contribution is 7.80. The second-order valence-corrected chi connectivity index (χ2v) is 7.74. The topological polar surface area (TPSA) is 103 Å². The summed E-state index contributed by atoms with van der Waals surface area (Å²) in [5.41, 5.74) is 1.59. The van der Waals surface area contributed by atoms with Gasteiger partial charge in [-0.05, 0) is 63.2 Å². The molecule has 0 fully saturated rings. The lowest BCUT2D eigenvalue weighted by atomic mass is 10.1. The predicted molar refractivity (Wildman–Crippen MR) is 122 cm³/mol. The fourth-order valence-corrected chi connectivity index (χ4v) is 3.97. The first-order valence-electron chi connectivity index (χ1n) is 9.54. The Labute approximate surface area is 189 Å². The van der Waals surface area contributed by atoms with Gasteiger partial charge in [-0.15, -0.1) is 11.3 Å². The highest BCUT2D eigenvalue weighted by atomic mass is 32.1. The lowest BCUT2D eigenvalue weighted by Gasteiger charge is -2.11. The number of thiocarbonyl (C=S) groups is 1. The van der Waals surface area contributed by atoms with Gasteiger partial charge in [-0.25, -0.2) is 9.59 Å². The van der Waals surface area contributed by atoms with E-state index in [0.29, 0.717) is 11.3 Å². The first kappa shape index (κ1) is 24.3. The number of benzene rings is 1. The third-order valence-electron chi connectivity index (χ3n) is 3.93. The third kappa shape index (κ3) is 6.76. The molecule has 0 unspecified atom stereocenters. The van der Waals surface area contributed by atoms with Gasteiger partial charge in [-0.1, -0.05) is 12.1 Å². The SMILES string of the molecule is CCOC(=O)c1sc(NC(=S)NC(=O)COc2cccc(C)c2)c(C(=O)OCC)c1C. The van der Waals surface area contributed by atoms with E-state index in [-0.39, 0.29) is 40.4 Å². The van der Waals surface area contributed by atoms with Crippen LogP contribution in [0.4, 0.5) is 5.00 Å². The molecular formula is C21H24N2O6S2. The molecule has 0 atom stereocenters. The largest absolute Gasteiger partial charge is 0.484 e. The Hall–Kier alpha value is -2.98. The smallest absolute Gasteiger partial charge is 0.348 e. The summed E-state index contributed by atoms with van der Waals surface area (Å²) in [6, 6.07) is 7.29. The number of thiophene rings is 1. The van der Waals surface area contributed by atoms with Gasteiger partial charge in [-0.3, -0.25) is 10.1 Å². The van der Waals surface area contributed by atoms with E-state index < -0.39 is 17.8 Å². The molecule has 1 aromatic carbocycles. The van der Waals surface area contributed by atoms with Crippen LogP contribution in [0.5, 0.6) is 5.75 Å². The van der Waals surface area contributed by atoms with Crippen LogP contribution < -0.4 is 15.4 Å². The zero-order chi connectivity index (χ0) is 23.0. The molecule has 0 bridgehead atoms. The number of ether oxygens (including phenoxy) is 3. The number of amides is 1. The van der Waals surface area contributed by atoms with Gasteiger partial charge >= 0.3 is 11.9 Å². The summed E-state index contributed by atoms with van der Waals surface area (Å²) in [6.07, 6.45) is 0. The molecule has 8 nitrogen and oxygen atoms in total. The summed E-state index contributed by atoms with van der Waals surface area (Å²) in [4.78, 5) is 37.0. The van der Waals surface area contributed by atoms with Gasteiger partial charge in [0, 0.05) is 0 Å². The van der Waals surface area contributed by atoms with Gasteiger partial charge < -0.3 is 19.5 Å². The van der Waals surface area contributed by atoms with E-state index in [1.807, 2.05) is 19.1 Å². The quantitative estimate of drug-likeness (QED) is 0.451. The van der Waals surface area contributed by atoms with Crippen LogP contribution in [0.25, 0.3) is 0 Å². The van der Waals surface area contributed by atoms with Crippen molar-refractivity contribution in [2.75, 3.05) is 25.1 Å². The summed E-state index contributed by atoms with van der Waals surface area (Å²) >= 11 is 6.18. The molecule has 10 heteroatoms. The molecule has 0 aliphatic carbocycles. The molecule has 2 aromatic rings. The fourth-order valence-electron chi connectivity index (χ4n) is 2.59. The lowest BCUT2D eigenvalue weighted by Crippen LogP contribution is -2.37. The Morgan fingerprint density at radius 3 is 2.39 bits per heavy atom. The minimum Gasteiger partial charge on any atom is -0.484 e. The zero-order valence-corrected chi connectivity index (χ0v) is 19.3. The van der Waals surface area contributed by atoms with Crippen molar-refractivity contribution in [3.05, 3.63) is 45.8 Å². The maximum Gasteiger partial charge on any atom is 0.348 e. The number of carbonyl (C=O) groups excluding carboxylic acids is 3. The Morgan fingerprint density at radius 1 is 1.06 bits per heavy atom. The van der Waals surface area contributed by atoms with Crippen LogP contribution in [0.15, 0.2) is 24.3 Å². The van der Waals surface area contributed by atoms with Gasteiger partial charge in [0.15, 0.2) is 11.7 Å². The fraction of sp³-hybridized carbons (Fsp3) is 0.333. The van der Waals surface area contributed by atoms with E-state index in [0.717, 1.165) is 16.9 Å². The highest BCUT2D eigenvalue weighted by Gasteiger charge is 2.27. The van der Waals surface area contributed by atoms with Gasteiger partial charge in [0.2, 0.25) is 0 Å². The molecule has 1 aromatic heterocycles. The Balaban J connectivity index is 2.09. The second-order valence-electron chi connectivity index (χ2n) is 6.31. The monoisotopic (exact) mass is 464 g/mol. The zero-order valence-electron chi connectivity index (χ0n) is 17.7. The molecule has 0 spiro atoms. The molecule has 0 saturated heterocycles. The van der Waals surface area contributed by atoms with Crippen molar-refractivity contribution >= 4 is 51.5 Å². The van der Waals surface area contributed by atoms with Gasteiger partial charge in [0.1, 0.15) is 15.6 Å². The average Bonchev–Trinajstić information content (AvgIpc) is 3.02. The normalized spacial score (nSPS) is 10.2. The third-order valence-corrected chi connectivity index (χ3v) is 5.32. The molecule has 166 valence electrons. The molecule has 0 aliphatic rings. The van der Waals surface area contributed by atoms with Crippen molar-refractivity contribution in [2.24, 2.45) is 0 Å². The summed E-state index contributed by atoms with van der Waals surface area (Å²) in [5.74, 6) is -1.07. The molecule has 0 radical (unpaired) electrons. The summed E-state index contributed by atoms with van der Waals surface area (Å²) < 4.78 is 15.6. The van der Waals surface area contributed by atoms with E-state index in [4.69, 9.17) is 26.4 Å². The first-order chi connectivity index (χ1) is 14.8. The maximum absolute atomic E-state index is 12.4. The number of hydrogen-bond acceptors (Lipinski definition) is 8. The second kappa shape index (κ2) is 11.4. The van der Waals surface area contributed by atoms with E-state index >= 15 is 0 Å². The standard InChI is InChI=1S/C21H24N2O6S2/c1-5-27-19(25)16-13(4)17(20(26)28-6-2)31-18(16)23-21(30)22-15(24)11-29-14-9-7-8-12(3)10-14/h7-10H,5-6,11H2,1-4H3,(H2,22,23,24,30). The molecule has 1 heterocycles. The van der Waals surface area contributed by atoms with Crippen molar-refractivity contribution < 1.29 is 28.6 Å². The van der Waals surface area contributed by atoms with Crippen LogP contribution in [0.3, 0.4) is 0 Å². The number of esters is 2. The number of aryl methyl sites for hydroxylation is 1. The van der Waals surface area contributed by atoms with E-state index in [1.54, 1.807) is 32.9 Å². The van der Waals surface area contributed by atoms with Crippen LogP contribution in [0.1, 0.15) is 45.0 Å². The number of nitrogens with one attached hydrogen (secondary N) is 2. The minimum absolute atomic E-state index is 0.0416. The summed E-state index contributed by atoms with van der Waals surface area (Å²) in [5, 5.41) is 5.53. The molecule has 1 amide bonds. The summed E-state index contributed by atoms with van der Waals surface area (Å²) in [7, 11) is 0.